The molecule has 0 spiro atoms. The number of H-pyrrole nitrogens is 1. The van der Waals surface area contributed by atoms with Gasteiger partial charge in [-0.15, -0.1) is 10.2 Å². The van der Waals surface area contributed by atoms with E-state index in [1.165, 1.54) is 0 Å². The third-order valence-corrected chi connectivity index (χ3v) is 4.35. The van der Waals surface area contributed by atoms with Crippen molar-refractivity contribution in [3.05, 3.63) is 41.3 Å². The lowest BCUT2D eigenvalue weighted by molar-refractivity contribution is -0.139. The fourth-order valence-corrected chi connectivity index (χ4v) is 3.04. The molecule has 1 fully saturated rings. The highest BCUT2D eigenvalue weighted by atomic mass is 35.5. The highest BCUT2D eigenvalue weighted by molar-refractivity contribution is 6.31. The van der Waals surface area contributed by atoms with Crippen LogP contribution in [0, 0.1) is 0 Å². The van der Waals surface area contributed by atoms with E-state index in [4.69, 9.17) is 16.3 Å². The first-order valence-corrected chi connectivity index (χ1v) is 7.95. The zero-order valence-corrected chi connectivity index (χ0v) is 13.5. The SMILES string of the molecule is O=C(Cn1ccc2ccc(Cl)cc21)N1CCOC(c2nn[nH]n2)C1. The van der Waals surface area contributed by atoms with Crippen LogP contribution in [0.4, 0.5) is 0 Å². The summed E-state index contributed by atoms with van der Waals surface area (Å²) >= 11 is 6.06. The van der Waals surface area contributed by atoms with Crippen LogP contribution in [0.5, 0.6) is 0 Å². The van der Waals surface area contributed by atoms with Gasteiger partial charge in [-0.05, 0) is 23.6 Å². The molecule has 8 nitrogen and oxygen atoms in total. The molecule has 3 heterocycles. The van der Waals surface area contributed by atoms with E-state index in [9.17, 15) is 4.79 Å². The van der Waals surface area contributed by atoms with Crippen LogP contribution in [0.2, 0.25) is 5.02 Å². The number of amides is 1. The normalized spacial score (nSPS) is 18.2. The van der Waals surface area contributed by atoms with Crippen molar-refractivity contribution in [2.24, 2.45) is 0 Å². The molecule has 2 aromatic heterocycles. The first-order chi connectivity index (χ1) is 11.7. The summed E-state index contributed by atoms with van der Waals surface area (Å²) in [6.07, 6.45) is 1.55. The minimum Gasteiger partial charge on any atom is -0.366 e. The summed E-state index contributed by atoms with van der Waals surface area (Å²) in [4.78, 5) is 14.4. The van der Waals surface area contributed by atoms with Crippen molar-refractivity contribution in [2.75, 3.05) is 19.7 Å². The summed E-state index contributed by atoms with van der Waals surface area (Å²) in [6, 6.07) is 7.62. The van der Waals surface area contributed by atoms with Crippen molar-refractivity contribution < 1.29 is 9.53 Å². The number of morpholine rings is 1. The van der Waals surface area contributed by atoms with Gasteiger partial charge in [-0.2, -0.15) is 5.21 Å². The van der Waals surface area contributed by atoms with E-state index in [1.807, 2.05) is 35.0 Å². The third-order valence-electron chi connectivity index (χ3n) is 4.11. The summed E-state index contributed by atoms with van der Waals surface area (Å²) in [5.41, 5.74) is 0.943. The number of aromatic amines is 1. The van der Waals surface area contributed by atoms with Gasteiger partial charge in [0, 0.05) is 23.3 Å². The first kappa shape index (κ1) is 15.1. The van der Waals surface area contributed by atoms with Gasteiger partial charge in [0.25, 0.3) is 0 Å². The van der Waals surface area contributed by atoms with Crippen LogP contribution in [0.3, 0.4) is 0 Å². The predicted octanol–water partition coefficient (Wildman–Crippen LogP) is 1.41. The predicted molar refractivity (Wildman–Crippen MR) is 86.4 cm³/mol. The van der Waals surface area contributed by atoms with E-state index >= 15 is 0 Å². The molecule has 1 amide bonds. The molecule has 1 aliphatic heterocycles. The molecule has 1 N–H and O–H groups in total. The van der Waals surface area contributed by atoms with Crippen LogP contribution in [0.1, 0.15) is 11.9 Å². The maximum atomic E-state index is 12.7. The Morgan fingerprint density at radius 2 is 2.33 bits per heavy atom. The highest BCUT2D eigenvalue weighted by Crippen LogP contribution is 2.22. The molecular weight excluding hydrogens is 332 g/mol. The van der Waals surface area contributed by atoms with Crippen molar-refractivity contribution in [1.29, 1.82) is 0 Å². The fraction of sp³-hybridized carbons (Fsp3) is 0.333. The molecule has 9 heteroatoms. The van der Waals surface area contributed by atoms with E-state index in [2.05, 4.69) is 20.6 Å². The molecule has 1 unspecified atom stereocenters. The average Bonchev–Trinajstić information content (AvgIpc) is 3.25. The van der Waals surface area contributed by atoms with E-state index in [-0.39, 0.29) is 18.6 Å². The van der Waals surface area contributed by atoms with Crippen molar-refractivity contribution in [3.63, 3.8) is 0 Å². The molecule has 1 aliphatic rings. The second-order valence-corrected chi connectivity index (χ2v) is 6.05. The lowest BCUT2D eigenvalue weighted by Gasteiger charge is -2.31. The molecule has 1 aromatic carbocycles. The maximum Gasteiger partial charge on any atom is 0.242 e. The summed E-state index contributed by atoms with van der Waals surface area (Å²) in [7, 11) is 0. The van der Waals surface area contributed by atoms with Crippen LogP contribution < -0.4 is 0 Å². The number of fused-ring (bicyclic) bond motifs is 1. The molecule has 124 valence electrons. The van der Waals surface area contributed by atoms with Gasteiger partial charge < -0.3 is 14.2 Å². The number of nitrogens with one attached hydrogen (secondary N) is 1. The number of hydrogen-bond acceptors (Lipinski definition) is 5. The Labute approximate surface area is 142 Å². The zero-order chi connectivity index (χ0) is 16.5. The Balaban J connectivity index is 1.50. The smallest absolute Gasteiger partial charge is 0.242 e. The first-order valence-electron chi connectivity index (χ1n) is 7.58. The van der Waals surface area contributed by atoms with Crippen LogP contribution >= 0.6 is 11.6 Å². The van der Waals surface area contributed by atoms with Gasteiger partial charge in [0.15, 0.2) is 0 Å². The minimum atomic E-state index is -0.350. The van der Waals surface area contributed by atoms with E-state index < -0.39 is 0 Å². The average molecular weight is 347 g/mol. The molecule has 3 aromatic rings. The topological polar surface area (TPSA) is 88.9 Å². The number of carbonyl (C=O) groups excluding carboxylic acids is 1. The molecule has 4 rings (SSSR count). The van der Waals surface area contributed by atoms with E-state index in [1.54, 1.807) is 4.90 Å². The number of ether oxygens (including phenoxy) is 1. The van der Waals surface area contributed by atoms with Gasteiger partial charge in [0.2, 0.25) is 11.7 Å². The van der Waals surface area contributed by atoms with Crippen molar-refractivity contribution in [3.8, 4) is 0 Å². The molecule has 1 atom stereocenters. The summed E-state index contributed by atoms with van der Waals surface area (Å²) in [5, 5.41) is 15.5. The lowest BCUT2D eigenvalue weighted by Crippen LogP contribution is -2.43. The van der Waals surface area contributed by atoms with Crippen LogP contribution in [0.15, 0.2) is 30.5 Å². The fourth-order valence-electron chi connectivity index (χ4n) is 2.88. The number of nitrogens with zero attached hydrogens (tertiary/aromatic N) is 5. The summed E-state index contributed by atoms with van der Waals surface area (Å²) in [5.74, 6) is 0.481. The van der Waals surface area contributed by atoms with E-state index in [0.29, 0.717) is 30.5 Å². The summed E-state index contributed by atoms with van der Waals surface area (Å²) < 4.78 is 7.53. The lowest BCUT2D eigenvalue weighted by atomic mass is 10.2. The molecular formula is C15H15ClN6O2. The maximum absolute atomic E-state index is 12.7. The van der Waals surface area contributed by atoms with Gasteiger partial charge in [0.1, 0.15) is 12.6 Å². The van der Waals surface area contributed by atoms with Gasteiger partial charge in [-0.3, -0.25) is 4.79 Å². The van der Waals surface area contributed by atoms with Crippen LogP contribution in [0.25, 0.3) is 10.9 Å². The standard InChI is InChI=1S/C15H15ClN6O2/c16-11-2-1-10-3-4-21(12(10)7-11)9-14(23)22-5-6-24-13(8-22)15-17-19-20-18-15/h1-4,7,13H,5-6,8-9H2,(H,17,18,19,20). The quantitative estimate of drug-likeness (QED) is 0.774. The molecule has 24 heavy (non-hydrogen) atoms. The Hall–Kier alpha value is -2.45. The number of benzene rings is 1. The van der Waals surface area contributed by atoms with Gasteiger partial charge in [-0.25, -0.2) is 0 Å². The second-order valence-electron chi connectivity index (χ2n) is 5.62. The van der Waals surface area contributed by atoms with Crippen molar-refractivity contribution >= 4 is 28.4 Å². The number of halogens is 1. The number of hydrogen-bond donors (Lipinski definition) is 1. The second kappa shape index (κ2) is 6.21. The van der Waals surface area contributed by atoms with Gasteiger partial charge in [-0.1, -0.05) is 22.9 Å². The largest absolute Gasteiger partial charge is 0.366 e. The molecule has 0 aliphatic carbocycles. The Morgan fingerprint density at radius 3 is 3.17 bits per heavy atom. The third kappa shape index (κ3) is 2.85. The Morgan fingerprint density at radius 1 is 1.42 bits per heavy atom. The van der Waals surface area contributed by atoms with Crippen molar-refractivity contribution in [2.45, 2.75) is 12.6 Å². The number of carbonyl (C=O) groups is 1. The molecule has 0 radical (unpaired) electrons. The number of tetrazole rings is 1. The number of rotatable bonds is 3. The van der Waals surface area contributed by atoms with Gasteiger partial charge in [0.05, 0.1) is 13.2 Å². The molecule has 1 saturated heterocycles. The van der Waals surface area contributed by atoms with Crippen molar-refractivity contribution in [1.82, 2.24) is 30.1 Å². The molecule has 0 bridgehead atoms. The minimum absolute atomic E-state index is 0.0178. The Bertz CT molecular complexity index is 862. The molecule has 0 saturated carbocycles. The monoisotopic (exact) mass is 346 g/mol. The van der Waals surface area contributed by atoms with E-state index in [0.717, 1.165) is 10.9 Å². The summed E-state index contributed by atoms with van der Waals surface area (Å²) in [6.45, 7) is 1.66. The highest BCUT2D eigenvalue weighted by Gasteiger charge is 2.28. The van der Waals surface area contributed by atoms with Gasteiger partial charge >= 0.3 is 0 Å². The van der Waals surface area contributed by atoms with Crippen LogP contribution in [-0.2, 0) is 16.1 Å². The Kier molecular flexibility index (Phi) is 3.91. The van der Waals surface area contributed by atoms with Crippen LogP contribution in [-0.4, -0.2) is 55.7 Å². The number of aromatic nitrogens is 5. The zero-order valence-electron chi connectivity index (χ0n) is 12.7.